The van der Waals surface area contributed by atoms with E-state index in [1.807, 2.05) is 0 Å². The van der Waals surface area contributed by atoms with Crippen molar-refractivity contribution in [3.05, 3.63) is 29.8 Å². The first-order chi connectivity index (χ1) is 10.1. The minimum Gasteiger partial charge on any atom is -0.491 e. The van der Waals surface area contributed by atoms with E-state index in [0.29, 0.717) is 17.9 Å². The zero-order valence-corrected chi connectivity index (χ0v) is 12.2. The molecule has 0 radical (unpaired) electrons. The number of ether oxygens (including phenoxy) is 3. The predicted molar refractivity (Wildman–Crippen MR) is 75.2 cm³/mol. The van der Waals surface area contributed by atoms with Gasteiger partial charge in [0.1, 0.15) is 12.4 Å². The van der Waals surface area contributed by atoms with E-state index in [1.165, 1.54) is 0 Å². The van der Waals surface area contributed by atoms with E-state index in [-0.39, 0.29) is 19.6 Å². The second-order valence-corrected chi connectivity index (χ2v) is 4.22. The summed E-state index contributed by atoms with van der Waals surface area (Å²) in [6.07, 6.45) is -1.05. The molecule has 0 fully saturated rings. The lowest BCUT2D eigenvalue weighted by atomic mass is 10.2. The molecule has 1 aromatic rings. The van der Waals surface area contributed by atoms with E-state index < -0.39 is 18.0 Å². The van der Waals surface area contributed by atoms with Gasteiger partial charge in [0.05, 0.1) is 31.3 Å². The summed E-state index contributed by atoms with van der Waals surface area (Å²) in [5, 5.41) is 9.62. The third kappa shape index (κ3) is 6.27. The predicted octanol–water partition coefficient (Wildman–Crippen LogP) is 1.56. The molecular formula is C15H20O6. The minimum absolute atomic E-state index is 0.0302. The van der Waals surface area contributed by atoms with E-state index in [0.717, 1.165) is 0 Å². The van der Waals surface area contributed by atoms with E-state index >= 15 is 0 Å². The van der Waals surface area contributed by atoms with Gasteiger partial charge in [0, 0.05) is 0 Å². The van der Waals surface area contributed by atoms with Gasteiger partial charge >= 0.3 is 11.9 Å². The number of carbonyl (C=O) groups is 2. The maximum Gasteiger partial charge on any atom is 0.338 e. The van der Waals surface area contributed by atoms with Gasteiger partial charge in [0.25, 0.3) is 0 Å². The number of aliphatic hydroxyl groups excluding tert-OH is 1. The van der Waals surface area contributed by atoms with Crippen molar-refractivity contribution in [3.8, 4) is 5.75 Å². The van der Waals surface area contributed by atoms with Crippen LogP contribution in [0.2, 0.25) is 0 Å². The van der Waals surface area contributed by atoms with Crippen molar-refractivity contribution in [1.29, 1.82) is 0 Å². The number of hydrogen-bond acceptors (Lipinski definition) is 6. The van der Waals surface area contributed by atoms with Gasteiger partial charge in [-0.1, -0.05) is 0 Å². The number of benzene rings is 1. The number of hydrogen-bond donors (Lipinski definition) is 1. The summed E-state index contributed by atoms with van der Waals surface area (Å²) in [4.78, 5) is 22.6. The Bertz CT molecular complexity index is 454. The van der Waals surface area contributed by atoms with Crippen molar-refractivity contribution in [3.63, 3.8) is 0 Å². The second kappa shape index (κ2) is 8.97. The minimum atomic E-state index is -0.936. The summed E-state index contributed by atoms with van der Waals surface area (Å²) < 4.78 is 14.9. The van der Waals surface area contributed by atoms with Crippen LogP contribution in [0.3, 0.4) is 0 Å². The molecule has 6 heteroatoms. The highest BCUT2D eigenvalue weighted by Gasteiger charge is 2.12. The summed E-state index contributed by atoms with van der Waals surface area (Å²) >= 11 is 0. The van der Waals surface area contributed by atoms with Gasteiger partial charge in [-0.2, -0.15) is 0 Å². The van der Waals surface area contributed by atoms with E-state index in [9.17, 15) is 14.7 Å². The summed E-state index contributed by atoms with van der Waals surface area (Å²) in [6, 6.07) is 6.35. The van der Waals surface area contributed by atoms with Crippen LogP contribution in [-0.2, 0) is 14.3 Å². The van der Waals surface area contributed by atoms with E-state index in [4.69, 9.17) is 14.2 Å². The van der Waals surface area contributed by atoms with Crippen molar-refractivity contribution in [2.45, 2.75) is 26.4 Å². The fourth-order valence-corrected chi connectivity index (χ4v) is 1.57. The number of carbonyl (C=O) groups excluding carboxylic acids is 2. The lowest BCUT2D eigenvalue weighted by Gasteiger charge is -2.12. The third-order valence-corrected chi connectivity index (χ3v) is 2.52. The van der Waals surface area contributed by atoms with Crippen LogP contribution < -0.4 is 4.74 Å². The molecule has 0 saturated heterocycles. The topological polar surface area (TPSA) is 82.1 Å². The smallest absolute Gasteiger partial charge is 0.338 e. The molecule has 0 aliphatic carbocycles. The first kappa shape index (κ1) is 17.0. The van der Waals surface area contributed by atoms with E-state index in [2.05, 4.69) is 0 Å². The fraction of sp³-hybridized carbons (Fsp3) is 0.467. The largest absolute Gasteiger partial charge is 0.491 e. The van der Waals surface area contributed by atoms with Crippen molar-refractivity contribution in [1.82, 2.24) is 0 Å². The number of esters is 2. The van der Waals surface area contributed by atoms with Crippen molar-refractivity contribution < 1.29 is 28.9 Å². The van der Waals surface area contributed by atoms with Crippen LogP contribution in [-0.4, -0.2) is 43.0 Å². The van der Waals surface area contributed by atoms with Gasteiger partial charge in [-0.25, -0.2) is 4.79 Å². The van der Waals surface area contributed by atoms with Crippen LogP contribution in [0.15, 0.2) is 24.3 Å². The maximum atomic E-state index is 11.5. The average molecular weight is 296 g/mol. The Balaban J connectivity index is 2.42. The Hall–Kier alpha value is -2.08. The molecule has 0 unspecified atom stereocenters. The van der Waals surface area contributed by atoms with Crippen LogP contribution in [0.25, 0.3) is 0 Å². The zero-order valence-electron chi connectivity index (χ0n) is 12.2. The highest BCUT2D eigenvalue weighted by molar-refractivity contribution is 5.89. The third-order valence-electron chi connectivity index (χ3n) is 2.52. The van der Waals surface area contributed by atoms with Crippen molar-refractivity contribution in [2.75, 3.05) is 19.8 Å². The summed E-state index contributed by atoms with van der Waals surface area (Å²) in [5.74, 6) is -0.372. The van der Waals surface area contributed by atoms with Crippen LogP contribution in [0.1, 0.15) is 30.6 Å². The first-order valence-corrected chi connectivity index (χ1v) is 6.80. The van der Waals surface area contributed by atoms with Gasteiger partial charge < -0.3 is 19.3 Å². The molecule has 1 N–H and O–H groups in total. The van der Waals surface area contributed by atoms with Crippen LogP contribution in [0.4, 0.5) is 0 Å². The average Bonchev–Trinajstić information content (AvgIpc) is 2.46. The molecule has 1 atom stereocenters. The van der Waals surface area contributed by atoms with Gasteiger partial charge in [0.2, 0.25) is 0 Å². The normalized spacial score (nSPS) is 11.6. The fourth-order valence-electron chi connectivity index (χ4n) is 1.57. The Labute approximate surface area is 123 Å². The SMILES string of the molecule is CCOC(=O)C[C@H](O)COc1ccc(C(=O)OCC)cc1. The Morgan fingerprint density at radius 1 is 1.10 bits per heavy atom. The highest BCUT2D eigenvalue weighted by Crippen LogP contribution is 2.13. The quantitative estimate of drug-likeness (QED) is 0.733. The molecule has 0 aliphatic rings. The lowest BCUT2D eigenvalue weighted by Crippen LogP contribution is -2.22. The molecule has 0 aromatic heterocycles. The maximum absolute atomic E-state index is 11.5. The van der Waals surface area contributed by atoms with Crippen molar-refractivity contribution in [2.24, 2.45) is 0 Å². The molecule has 0 spiro atoms. The number of aliphatic hydroxyl groups is 1. The lowest BCUT2D eigenvalue weighted by molar-refractivity contribution is -0.145. The number of rotatable bonds is 8. The summed E-state index contributed by atoms with van der Waals surface area (Å²) in [7, 11) is 0. The second-order valence-electron chi connectivity index (χ2n) is 4.22. The first-order valence-electron chi connectivity index (χ1n) is 6.80. The molecular weight excluding hydrogens is 276 g/mol. The van der Waals surface area contributed by atoms with Crippen molar-refractivity contribution >= 4 is 11.9 Å². The van der Waals surface area contributed by atoms with Crippen LogP contribution >= 0.6 is 0 Å². The molecule has 116 valence electrons. The highest BCUT2D eigenvalue weighted by atomic mass is 16.5. The molecule has 0 amide bonds. The Morgan fingerprint density at radius 3 is 2.29 bits per heavy atom. The molecule has 0 saturated carbocycles. The standard InChI is InChI=1S/C15H20O6/c1-3-19-14(17)9-12(16)10-21-13-7-5-11(6-8-13)15(18)20-4-2/h5-8,12,16H,3-4,9-10H2,1-2H3/t12-/m0/s1. The van der Waals surface area contributed by atoms with Gasteiger partial charge in [-0.3, -0.25) is 4.79 Å². The van der Waals surface area contributed by atoms with Gasteiger partial charge in [-0.05, 0) is 38.1 Å². The van der Waals surface area contributed by atoms with Gasteiger partial charge in [0.15, 0.2) is 0 Å². The molecule has 21 heavy (non-hydrogen) atoms. The summed E-state index contributed by atoms with van der Waals surface area (Å²) in [6.45, 7) is 4.00. The molecule has 1 rings (SSSR count). The molecule has 0 heterocycles. The van der Waals surface area contributed by atoms with E-state index in [1.54, 1.807) is 38.1 Å². The molecule has 6 nitrogen and oxygen atoms in total. The van der Waals surface area contributed by atoms with Crippen LogP contribution in [0.5, 0.6) is 5.75 Å². The molecule has 1 aromatic carbocycles. The Morgan fingerprint density at radius 2 is 1.71 bits per heavy atom. The monoisotopic (exact) mass is 296 g/mol. The molecule has 0 aliphatic heterocycles. The van der Waals surface area contributed by atoms with Crippen LogP contribution in [0, 0.1) is 0 Å². The van der Waals surface area contributed by atoms with Gasteiger partial charge in [-0.15, -0.1) is 0 Å². The zero-order chi connectivity index (χ0) is 15.7. The summed E-state index contributed by atoms with van der Waals surface area (Å²) in [5.41, 5.74) is 0.427. The molecule has 0 bridgehead atoms. The Kier molecular flexibility index (Phi) is 7.25.